The highest BCUT2D eigenvalue weighted by Gasteiger charge is 2.28. The lowest BCUT2D eigenvalue weighted by molar-refractivity contribution is -0.223. The standard InChI is InChI=1S/C14H23N3O4/c1-14(2)7-20-12(21-8-14)3-4-16-11(13(18)19)5-10-6-15-9-17-10/h6,9,11-12,16H,3-5,7-8H2,1-2H3,(H,15,17)(H,18,19)/t11-/m0/s1. The first kappa shape index (κ1) is 15.9. The normalized spacial score (nSPS) is 20.3. The summed E-state index contributed by atoms with van der Waals surface area (Å²) < 4.78 is 11.2. The van der Waals surface area contributed by atoms with Crippen LogP contribution in [0.2, 0.25) is 0 Å². The highest BCUT2D eigenvalue weighted by molar-refractivity contribution is 5.73. The smallest absolute Gasteiger partial charge is 0.321 e. The first-order valence-electron chi connectivity index (χ1n) is 7.13. The molecule has 0 aliphatic carbocycles. The average Bonchev–Trinajstić information content (AvgIpc) is 2.92. The molecule has 0 bridgehead atoms. The number of ether oxygens (including phenoxy) is 2. The van der Waals surface area contributed by atoms with Gasteiger partial charge in [0.2, 0.25) is 0 Å². The minimum absolute atomic E-state index is 0.0497. The van der Waals surface area contributed by atoms with Crippen LogP contribution < -0.4 is 5.32 Å². The predicted molar refractivity (Wildman–Crippen MR) is 75.8 cm³/mol. The Morgan fingerprint density at radius 2 is 2.29 bits per heavy atom. The molecule has 0 aromatic carbocycles. The van der Waals surface area contributed by atoms with Gasteiger partial charge in [-0.3, -0.25) is 4.79 Å². The van der Waals surface area contributed by atoms with Crippen LogP contribution in [0, 0.1) is 5.41 Å². The second kappa shape index (κ2) is 7.02. The molecule has 1 atom stereocenters. The number of aliphatic carboxylic acids is 1. The fraction of sp³-hybridized carbons (Fsp3) is 0.714. The molecule has 0 spiro atoms. The summed E-state index contributed by atoms with van der Waals surface area (Å²) in [4.78, 5) is 18.0. The van der Waals surface area contributed by atoms with Gasteiger partial charge < -0.3 is 24.9 Å². The zero-order valence-electron chi connectivity index (χ0n) is 12.5. The molecule has 1 saturated heterocycles. The van der Waals surface area contributed by atoms with Gasteiger partial charge >= 0.3 is 5.97 Å². The van der Waals surface area contributed by atoms with Gasteiger partial charge in [-0.25, -0.2) is 4.98 Å². The summed E-state index contributed by atoms with van der Waals surface area (Å²) in [7, 11) is 0. The number of rotatable bonds is 7. The summed E-state index contributed by atoms with van der Waals surface area (Å²) in [6.45, 7) is 6.02. The van der Waals surface area contributed by atoms with Crippen LogP contribution in [-0.4, -0.2) is 53.1 Å². The van der Waals surface area contributed by atoms with E-state index in [1.807, 2.05) is 0 Å². The molecular formula is C14H23N3O4. The molecule has 118 valence electrons. The number of nitrogens with one attached hydrogen (secondary N) is 2. The van der Waals surface area contributed by atoms with Crippen LogP contribution in [0.1, 0.15) is 26.0 Å². The molecule has 7 heteroatoms. The van der Waals surface area contributed by atoms with Crippen molar-refractivity contribution < 1.29 is 19.4 Å². The molecule has 2 heterocycles. The molecule has 0 amide bonds. The Hall–Kier alpha value is -1.44. The lowest BCUT2D eigenvalue weighted by Gasteiger charge is -2.34. The Bertz CT molecular complexity index is 437. The van der Waals surface area contributed by atoms with Crippen LogP contribution in [-0.2, 0) is 20.7 Å². The second-order valence-electron chi connectivity index (χ2n) is 6.13. The molecule has 7 nitrogen and oxygen atoms in total. The lowest BCUT2D eigenvalue weighted by Crippen LogP contribution is -2.42. The van der Waals surface area contributed by atoms with E-state index in [1.165, 1.54) is 0 Å². The molecule has 3 N–H and O–H groups in total. The summed E-state index contributed by atoms with van der Waals surface area (Å²) in [5.41, 5.74) is 0.843. The van der Waals surface area contributed by atoms with Gasteiger partial charge in [-0.2, -0.15) is 0 Å². The second-order valence-corrected chi connectivity index (χ2v) is 6.13. The molecule has 1 aliphatic rings. The third-order valence-electron chi connectivity index (χ3n) is 3.37. The van der Waals surface area contributed by atoms with Crippen LogP contribution in [0.5, 0.6) is 0 Å². The number of aromatic amines is 1. The molecule has 21 heavy (non-hydrogen) atoms. The van der Waals surface area contributed by atoms with Gasteiger partial charge in [0.05, 0.1) is 19.5 Å². The number of carboxylic acid groups (broad SMARTS) is 1. The highest BCUT2D eigenvalue weighted by Crippen LogP contribution is 2.23. The van der Waals surface area contributed by atoms with E-state index in [2.05, 4.69) is 29.1 Å². The maximum absolute atomic E-state index is 11.2. The SMILES string of the molecule is CC1(C)COC(CCN[C@@H](Cc2cnc[nH]2)C(=O)O)OC1. The number of hydrogen-bond acceptors (Lipinski definition) is 5. The van der Waals surface area contributed by atoms with Crippen molar-refractivity contribution >= 4 is 5.97 Å². The van der Waals surface area contributed by atoms with Gasteiger partial charge in [0.25, 0.3) is 0 Å². The molecule has 2 rings (SSSR count). The van der Waals surface area contributed by atoms with Gasteiger partial charge in [-0.1, -0.05) is 13.8 Å². The van der Waals surface area contributed by atoms with E-state index < -0.39 is 12.0 Å². The van der Waals surface area contributed by atoms with Gasteiger partial charge in [0.15, 0.2) is 6.29 Å². The summed E-state index contributed by atoms with van der Waals surface area (Å²) in [6, 6.07) is -0.648. The zero-order valence-corrected chi connectivity index (χ0v) is 12.5. The molecule has 0 radical (unpaired) electrons. The monoisotopic (exact) mass is 297 g/mol. The van der Waals surface area contributed by atoms with Crippen LogP contribution in [0.4, 0.5) is 0 Å². The summed E-state index contributed by atoms with van der Waals surface area (Å²) in [5, 5.41) is 12.2. The maximum atomic E-state index is 11.2. The van der Waals surface area contributed by atoms with Crippen LogP contribution in [0.25, 0.3) is 0 Å². The van der Waals surface area contributed by atoms with E-state index in [4.69, 9.17) is 9.47 Å². The number of carboxylic acids is 1. The average molecular weight is 297 g/mol. The first-order chi connectivity index (χ1) is 9.96. The van der Waals surface area contributed by atoms with Gasteiger partial charge in [-0.15, -0.1) is 0 Å². The Balaban J connectivity index is 1.71. The fourth-order valence-corrected chi connectivity index (χ4v) is 2.13. The Labute approximate surface area is 124 Å². The molecule has 1 aromatic rings. The third kappa shape index (κ3) is 5.11. The van der Waals surface area contributed by atoms with Gasteiger partial charge in [0.1, 0.15) is 6.04 Å². The number of hydrogen-bond donors (Lipinski definition) is 3. The maximum Gasteiger partial charge on any atom is 0.321 e. The number of carbonyl (C=O) groups is 1. The topological polar surface area (TPSA) is 96.5 Å². The molecule has 0 saturated carbocycles. The molecule has 1 fully saturated rings. The van der Waals surface area contributed by atoms with E-state index in [9.17, 15) is 9.90 Å². The van der Waals surface area contributed by atoms with Crippen LogP contribution in [0.15, 0.2) is 12.5 Å². The molecule has 0 unspecified atom stereocenters. The Kier molecular flexibility index (Phi) is 5.33. The number of nitrogens with zero attached hydrogens (tertiary/aromatic N) is 1. The molecular weight excluding hydrogens is 274 g/mol. The number of imidazole rings is 1. The van der Waals surface area contributed by atoms with E-state index in [0.29, 0.717) is 32.6 Å². The number of H-pyrrole nitrogens is 1. The summed E-state index contributed by atoms with van der Waals surface area (Å²) in [5.74, 6) is -0.879. The highest BCUT2D eigenvalue weighted by atomic mass is 16.7. The Morgan fingerprint density at radius 1 is 1.57 bits per heavy atom. The zero-order chi connectivity index (χ0) is 15.3. The van der Waals surface area contributed by atoms with Crippen LogP contribution >= 0.6 is 0 Å². The summed E-state index contributed by atoms with van der Waals surface area (Å²) in [6.07, 6.45) is 3.91. The molecule has 1 aliphatic heterocycles. The quantitative estimate of drug-likeness (QED) is 0.688. The van der Waals surface area contributed by atoms with Crippen molar-refractivity contribution in [2.75, 3.05) is 19.8 Å². The van der Waals surface area contributed by atoms with E-state index >= 15 is 0 Å². The number of aromatic nitrogens is 2. The first-order valence-corrected chi connectivity index (χ1v) is 7.13. The van der Waals surface area contributed by atoms with Crippen molar-refractivity contribution in [3.8, 4) is 0 Å². The van der Waals surface area contributed by atoms with Crippen molar-refractivity contribution in [1.82, 2.24) is 15.3 Å². The van der Waals surface area contributed by atoms with Crippen molar-refractivity contribution in [2.24, 2.45) is 5.41 Å². The lowest BCUT2D eigenvalue weighted by atomic mass is 9.95. The van der Waals surface area contributed by atoms with Crippen LogP contribution in [0.3, 0.4) is 0 Å². The molecule has 1 aromatic heterocycles. The van der Waals surface area contributed by atoms with E-state index in [-0.39, 0.29) is 11.7 Å². The minimum Gasteiger partial charge on any atom is -0.480 e. The van der Waals surface area contributed by atoms with E-state index in [0.717, 1.165) is 5.69 Å². The van der Waals surface area contributed by atoms with Crippen molar-refractivity contribution in [2.45, 2.75) is 39.0 Å². The minimum atomic E-state index is -0.879. The van der Waals surface area contributed by atoms with Crippen molar-refractivity contribution in [1.29, 1.82) is 0 Å². The van der Waals surface area contributed by atoms with E-state index in [1.54, 1.807) is 12.5 Å². The third-order valence-corrected chi connectivity index (χ3v) is 3.37. The summed E-state index contributed by atoms with van der Waals surface area (Å²) >= 11 is 0. The van der Waals surface area contributed by atoms with Gasteiger partial charge in [-0.05, 0) is 0 Å². The predicted octanol–water partition coefficient (Wildman–Crippen LogP) is 0.784. The Morgan fingerprint density at radius 3 is 2.86 bits per heavy atom. The largest absolute Gasteiger partial charge is 0.480 e. The van der Waals surface area contributed by atoms with Crippen molar-refractivity contribution in [3.05, 3.63) is 18.2 Å². The van der Waals surface area contributed by atoms with Gasteiger partial charge in [0, 0.05) is 36.7 Å². The fourth-order valence-electron chi connectivity index (χ4n) is 2.13. The van der Waals surface area contributed by atoms with Crippen molar-refractivity contribution in [3.63, 3.8) is 0 Å².